The predicted octanol–water partition coefficient (Wildman–Crippen LogP) is 1.71. The highest BCUT2D eigenvalue weighted by Gasteiger charge is 2.24. The molecule has 0 aliphatic carbocycles. The van der Waals surface area contributed by atoms with Gasteiger partial charge < -0.3 is 14.2 Å². The average Bonchev–Trinajstić information content (AvgIpc) is 2.93. The molecule has 0 unspecified atom stereocenters. The molecule has 1 aliphatic heterocycles. The standard InChI is InChI=1S/C13H13BrN4O2/c1-20-11-6-9(14)2-3-10(11)13(19)17-4-5-18-8-15-16-12(18)7-17/h2-3,6,8H,4-5,7H2,1H3. The Morgan fingerprint density at radius 2 is 2.25 bits per heavy atom. The summed E-state index contributed by atoms with van der Waals surface area (Å²) in [5.74, 6) is 1.32. The zero-order valence-corrected chi connectivity index (χ0v) is 12.5. The summed E-state index contributed by atoms with van der Waals surface area (Å²) >= 11 is 3.37. The van der Waals surface area contributed by atoms with Crippen LogP contribution < -0.4 is 4.74 Å². The number of amides is 1. The number of halogens is 1. The van der Waals surface area contributed by atoms with Crippen molar-refractivity contribution >= 4 is 21.8 Å². The topological polar surface area (TPSA) is 60.2 Å². The highest BCUT2D eigenvalue weighted by atomic mass is 79.9. The smallest absolute Gasteiger partial charge is 0.258 e. The summed E-state index contributed by atoms with van der Waals surface area (Å²) in [5, 5.41) is 7.88. The molecule has 0 atom stereocenters. The predicted molar refractivity (Wildman–Crippen MR) is 75.5 cm³/mol. The van der Waals surface area contributed by atoms with Crippen molar-refractivity contribution in [2.24, 2.45) is 0 Å². The van der Waals surface area contributed by atoms with Crippen molar-refractivity contribution in [3.8, 4) is 5.75 Å². The van der Waals surface area contributed by atoms with Crippen LogP contribution in [-0.4, -0.2) is 39.2 Å². The van der Waals surface area contributed by atoms with Gasteiger partial charge >= 0.3 is 0 Å². The van der Waals surface area contributed by atoms with E-state index in [0.29, 0.717) is 30.9 Å². The van der Waals surface area contributed by atoms with E-state index in [1.54, 1.807) is 30.5 Å². The lowest BCUT2D eigenvalue weighted by Crippen LogP contribution is -2.38. The summed E-state index contributed by atoms with van der Waals surface area (Å²) < 4.78 is 8.12. The Labute approximate surface area is 124 Å². The molecule has 1 aliphatic rings. The molecular weight excluding hydrogens is 324 g/mol. The van der Waals surface area contributed by atoms with Crippen LogP contribution in [0, 0.1) is 0 Å². The Bertz CT molecular complexity index is 656. The fourth-order valence-corrected chi connectivity index (χ4v) is 2.59. The summed E-state index contributed by atoms with van der Waals surface area (Å²) in [4.78, 5) is 14.4. The molecule has 20 heavy (non-hydrogen) atoms. The van der Waals surface area contributed by atoms with Crippen LogP contribution in [0.4, 0.5) is 0 Å². The maximum atomic E-state index is 12.6. The van der Waals surface area contributed by atoms with Crippen LogP contribution in [-0.2, 0) is 13.1 Å². The number of rotatable bonds is 2. The normalized spacial score (nSPS) is 14.0. The minimum Gasteiger partial charge on any atom is -0.496 e. The van der Waals surface area contributed by atoms with Crippen molar-refractivity contribution < 1.29 is 9.53 Å². The second kappa shape index (κ2) is 5.24. The van der Waals surface area contributed by atoms with Crippen molar-refractivity contribution in [3.05, 3.63) is 40.4 Å². The number of benzene rings is 1. The van der Waals surface area contributed by atoms with E-state index in [9.17, 15) is 4.79 Å². The molecule has 6 nitrogen and oxygen atoms in total. The number of carbonyl (C=O) groups is 1. The molecule has 3 rings (SSSR count). The van der Waals surface area contributed by atoms with Crippen LogP contribution in [0.2, 0.25) is 0 Å². The van der Waals surface area contributed by atoms with Crippen LogP contribution in [0.3, 0.4) is 0 Å². The summed E-state index contributed by atoms with van der Waals surface area (Å²) in [6.45, 7) is 1.83. The molecule has 0 N–H and O–H groups in total. The Hall–Kier alpha value is -1.89. The van der Waals surface area contributed by atoms with Crippen LogP contribution >= 0.6 is 15.9 Å². The summed E-state index contributed by atoms with van der Waals surface area (Å²) in [6, 6.07) is 5.40. The van der Waals surface area contributed by atoms with Gasteiger partial charge in [-0.05, 0) is 18.2 Å². The lowest BCUT2D eigenvalue weighted by Gasteiger charge is -2.27. The number of carbonyl (C=O) groups excluding carboxylic acids is 1. The highest BCUT2D eigenvalue weighted by Crippen LogP contribution is 2.25. The Balaban J connectivity index is 1.87. The van der Waals surface area contributed by atoms with Gasteiger partial charge in [-0.25, -0.2) is 0 Å². The maximum absolute atomic E-state index is 12.6. The lowest BCUT2D eigenvalue weighted by molar-refractivity contribution is 0.0704. The fourth-order valence-electron chi connectivity index (χ4n) is 2.25. The van der Waals surface area contributed by atoms with Gasteiger partial charge in [0.15, 0.2) is 5.82 Å². The quantitative estimate of drug-likeness (QED) is 0.837. The Morgan fingerprint density at radius 1 is 1.40 bits per heavy atom. The minimum atomic E-state index is -0.0522. The summed E-state index contributed by atoms with van der Waals surface area (Å²) in [6.07, 6.45) is 1.69. The van der Waals surface area contributed by atoms with Gasteiger partial charge in [-0.1, -0.05) is 15.9 Å². The third kappa shape index (κ3) is 2.29. The van der Waals surface area contributed by atoms with Crippen LogP contribution in [0.25, 0.3) is 0 Å². The fraction of sp³-hybridized carbons (Fsp3) is 0.308. The molecule has 0 spiro atoms. The molecule has 0 bridgehead atoms. The van der Waals surface area contributed by atoms with Crippen molar-refractivity contribution in [3.63, 3.8) is 0 Å². The molecule has 1 amide bonds. The van der Waals surface area contributed by atoms with Gasteiger partial charge in [0.05, 0.1) is 19.2 Å². The summed E-state index contributed by atoms with van der Waals surface area (Å²) in [5.41, 5.74) is 0.559. The largest absolute Gasteiger partial charge is 0.496 e. The second-order valence-electron chi connectivity index (χ2n) is 4.51. The van der Waals surface area contributed by atoms with Crippen molar-refractivity contribution in [1.29, 1.82) is 0 Å². The van der Waals surface area contributed by atoms with Gasteiger partial charge in [-0.3, -0.25) is 4.79 Å². The molecule has 7 heteroatoms. The van der Waals surface area contributed by atoms with Gasteiger partial charge in [-0.15, -0.1) is 10.2 Å². The SMILES string of the molecule is COc1cc(Br)ccc1C(=O)N1CCn2cnnc2C1. The zero-order chi connectivity index (χ0) is 14.1. The Kier molecular flexibility index (Phi) is 3.43. The number of nitrogens with zero attached hydrogens (tertiary/aromatic N) is 4. The van der Waals surface area contributed by atoms with Crippen LogP contribution in [0.5, 0.6) is 5.75 Å². The first-order valence-corrected chi connectivity index (χ1v) is 6.98. The van der Waals surface area contributed by atoms with Gasteiger partial charge in [0, 0.05) is 17.6 Å². The van der Waals surface area contributed by atoms with Crippen molar-refractivity contribution in [2.45, 2.75) is 13.1 Å². The highest BCUT2D eigenvalue weighted by molar-refractivity contribution is 9.10. The second-order valence-corrected chi connectivity index (χ2v) is 5.43. The zero-order valence-electron chi connectivity index (χ0n) is 10.9. The van der Waals surface area contributed by atoms with Gasteiger partial charge in [-0.2, -0.15) is 0 Å². The number of ether oxygens (including phenoxy) is 1. The average molecular weight is 337 g/mol. The van der Waals surface area contributed by atoms with Crippen molar-refractivity contribution in [1.82, 2.24) is 19.7 Å². The molecule has 0 radical (unpaired) electrons. The third-order valence-corrected chi connectivity index (χ3v) is 3.81. The molecule has 1 aromatic carbocycles. The molecule has 0 fully saturated rings. The first kappa shape index (κ1) is 13.1. The van der Waals surface area contributed by atoms with E-state index >= 15 is 0 Å². The van der Waals surface area contributed by atoms with Gasteiger partial charge in [0.25, 0.3) is 5.91 Å². The van der Waals surface area contributed by atoms with E-state index in [4.69, 9.17) is 4.74 Å². The molecule has 0 saturated carbocycles. The molecule has 104 valence electrons. The number of methoxy groups -OCH3 is 1. The first-order valence-electron chi connectivity index (χ1n) is 6.18. The molecule has 0 saturated heterocycles. The van der Waals surface area contributed by atoms with Crippen LogP contribution in [0.15, 0.2) is 29.0 Å². The molecule has 2 heterocycles. The van der Waals surface area contributed by atoms with E-state index in [-0.39, 0.29) is 5.91 Å². The van der Waals surface area contributed by atoms with E-state index in [1.807, 2.05) is 10.6 Å². The monoisotopic (exact) mass is 336 g/mol. The lowest BCUT2D eigenvalue weighted by atomic mass is 10.1. The van der Waals surface area contributed by atoms with Gasteiger partial charge in [0.2, 0.25) is 0 Å². The molecule has 1 aromatic heterocycles. The molecular formula is C13H13BrN4O2. The number of hydrogen-bond donors (Lipinski definition) is 0. The van der Waals surface area contributed by atoms with Crippen LogP contribution in [0.1, 0.15) is 16.2 Å². The number of hydrogen-bond acceptors (Lipinski definition) is 4. The molecule has 2 aromatic rings. The number of fused-ring (bicyclic) bond motifs is 1. The van der Waals surface area contributed by atoms with E-state index < -0.39 is 0 Å². The van der Waals surface area contributed by atoms with Gasteiger partial charge in [0.1, 0.15) is 12.1 Å². The first-order chi connectivity index (χ1) is 9.69. The van der Waals surface area contributed by atoms with E-state index in [2.05, 4.69) is 26.1 Å². The maximum Gasteiger partial charge on any atom is 0.258 e. The van der Waals surface area contributed by atoms with Crippen molar-refractivity contribution in [2.75, 3.05) is 13.7 Å². The summed E-state index contributed by atoms with van der Waals surface area (Å²) in [7, 11) is 1.56. The van der Waals surface area contributed by atoms with E-state index in [1.165, 1.54) is 0 Å². The minimum absolute atomic E-state index is 0.0522. The van der Waals surface area contributed by atoms with E-state index in [0.717, 1.165) is 10.3 Å². The Morgan fingerprint density at radius 3 is 3.05 bits per heavy atom. The number of aromatic nitrogens is 3. The third-order valence-electron chi connectivity index (χ3n) is 3.32.